The highest BCUT2D eigenvalue weighted by Crippen LogP contribution is 2.71. The van der Waals surface area contributed by atoms with Gasteiger partial charge in [-0.3, -0.25) is 0 Å². The Bertz CT molecular complexity index is 465. The Morgan fingerprint density at radius 2 is 1.95 bits per heavy atom. The predicted octanol–water partition coefficient (Wildman–Crippen LogP) is 7.09. The zero-order valence-electron chi connectivity index (χ0n) is 11.4. The topological polar surface area (TPSA) is 0 Å². The summed E-state index contributed by atoms with van der Waals surface area (Å²) in [5, 5.41) is 1.88. The SMILES string of the molecule is CCC(C)SP(=S)(CC)SCc1ccc(Cl)c(Cl)c1. The number of benzene rings is 1. The van der Waals surface area contributed by atoms with E-state index in [-0.39, 0.29) is 0 Å². The van der Waals surface area contributed by atoms with Crippen LogP contribution in [0, 0.1) is 0 Å². The molecule has 1 aromatic carbocycles. The number of rotatable bonds is 7. The van der Waals surface area contributed by atoms with Crippen LogP contribution in [0.25, 0.3) is 0 Å². The summed E-state index contributed by atoms with van der Waals surface area (Å²) in [4.78, 5) is 0. The quantitative estimate of drug-likeness (QED) is 0.468. The summed E-state index contributed by atoms with van der Waals surface area (Å²) in [5.74, 6) is 0.922. The standard InChI is InChI=1S/C13H19Cl2PS3/c1-4-10(3)19-16(17,5-2)18-9-11-6-7-12(14)13(15)8-11/h6-8,10H,4-5,9H2,1-3H3. The first-order chi connectivity index (χ1) is 8.90. The highest BCUT2D eigenvalue weighted by molar-refractivity contribution is 9.00. The fourth-order valence-corrected chi connectivity index (χ4v) is 11.7. The molecular weight excluding hydrogens is 354 g/mol. The molecule has 19 heavy (non-hydrogen) atoms. The maximum absolute atomic E-state index is 6.04. The summed E-state index contributed by atoms with van der Waals surface area (Å²) in [7, 11) is 0. The van der Waals surface area contributed by atoms with E-state index in [4.69, 9.17) is 35.0 Å². The zero-order valence-corrected chi connectivity index (χ0v) is 16.2. The molecule has 6 heteroatoms. The van der Waals surface area contributed by atoms with Crippen LogP contribution in [0.2, 0.25) is 10.0 Å². The molecule has 0 spiro atoms. The van der Waals surface area contributed by atoms with Gasteiger partial charge in [0, 0.05) is 11.0 Å². The normalized spacial score (nSPS) is 16.1. The van der Waals surface area contributed by atoms with Crippen LogP contribution in [-0.2, 0) is 17.6 Å². The Labute approximate surface area is 139 Å². The smallest absolute Gasteiger partial charge is 0.0595 e. The largest absolute Gasteiger partial charge is 0.111 e. The molecule has 1 aromatic rings. The molecule has 0 amide bonds. The van der Waals surface area contributed by atoms with Crippen LogP contribution >= 0.6 is 50.4 Å². The van der Waals surface area contributed by atoms with Gasteiger partial charge in [0.15, 0.2) is 0 Å². The van der Waals surface area contributed by atoms with Crippen LogP contribution in [0.5, 0.6) is 0 Å². The third-order valence-electron chi connectivity index (χ3n) is 2.71. The number of hydrogen-bond acceptors (Lipinski definition) is 3. The lowest BCUT2D eigenvalue weighted by Crippen LogP contribution is -1.92. The monoisotopic (exact) mass is 372 g/mol. The third-order valence-corrected chi connectivity index (χ3v) is 15.5. The van der Waals surface area contributed by atoms with Gasteiger partial charge in [0.2, 0.25) is 0 Å². The first-order valence-corrected chi connectivity index (χ1v) is 13.1. The van der Waals surface area contributed by atoms with Crippen molar-refractivity contribution in [3.8, 4) is 0 Å². The van der Waals surface area contributed by atoms with Crippen molar-refractivity contribution in [1.82, 2.24) is 0 Å². The lowest BCUT2D eigenvalue weighted by atomic mass is 10.2. The van der Waals surface area contributed by atoms with Crippen molar-refractivity contribution in [1.29, 1.82) is 0 Å². The van der Waals surface area contributed by atoms with E-state index in [9.17, 15) is 0 Å². The van der Waals surface area contributed by atoms with Gasteiger partial charge in [0.05, 0.1) is 14.5 Å². The van der Waals surface area contributed by atoms with Gasteiger partial charge in [0.1, 0.15) is 0 Å². The summed E-state index contributed by atoms with van der Waals surface area (Å²) in [6.45, 7) is 6.69. The fourth-order valence-electron chi connectivity index (χ4n) is 1.35. The fraction of sp³-hybridized carbons (Fsp3) is 0.538. The van der Waals surface area contributed by atoms with E-state index in [0.29, 0.717) is 15.3 Å². The molecule has 0 radical (unpaired) electrons. The average Bonchev–Trinajstić information content (AvgIpc) is 2.40. The highest BCUT2D eigenvalue weighted by Gasteiger charge is 2.19. The minimum atomic E-state index is -1.37. The van der Waals surface area contributed by atoms with E-state index in [1.807, 2.05) is 41.0 Å². The van der Waals surface area contributed by atoms with Crippen LogP contribution in [0.3, 0.4) is 0 Å². The molecule has 2 atom stereocenters. The second kappa shape index (κ2) is 8.56. The van der Waals surface area contributed by atoms with Crippen molar-refractivity contribution in [2.45, 2.75) is 38.2 Å². The molecular formula is C13H19Cl2PS3. The third kappa shape index (κ3) is 6.20. The summed E-state index contributed by atoms with van der Waals surface area (Å²) in [6.07, 6.45) is 2.26. The Kier molecular flexibility index (Phi) is 8.20. The van der Waals surface area contributed by atoms with Gasteiger partial charge in [-0.15, -0.1) is 22.8 Å². The van der Waals surface area contributed by atoms with Crippen LogP contribution in [-0.4, -0.2) is 11.4 Å². The minimum absolute atomic E-state index is 0.610. The van der Waals surface area contributed by atoms with E-state index in [1.165, 1.54) is 12.0 Å². The summed E-state index contributed by atoms with van der Waals surface area (Å²) < 4.78 is -1.37. The Hall–Kier alpha value is 1.15. The second-order valence-corrected chi connectivity index (χ2v) is 17.6. The van der Waals surface area contributed by atoms with Gasteiger partial charge in [-0.1, -0.05) is 61.8 Å². The minimum Gasteiger partial charge on any atom is -0.111 e. The highest BCUT2D eigenvalue weighted by atomic mass is 35.5. The molecule has 0 aliphatic carbocycles. The molecule has 108 valence electrons. The summed E-state index contributed by atoms with van der Waals surface area (Å²) >= 11 is 21.8. The molecule has 1 rings (SSSR count). The molecule has 0 bridgehead atoms. The van der Waals surface area contributed by atoms with Crippen molar-refractivity contribution < 1.29 is 0 Å². The lowest BCUT2D eigenvalue weighted by molar-refractivity contribution is 0.912. The predicted molar refractivity (Wildman–Crippen MR) is 99.9 cm³/mol. The van der Waals surface area contributed by atoms with Crippen LogP contribution < -0.4 is 0 Å². The Balaban J connectivity index is 2.66. The molecule has 0 aromatic heterocycles. The molecule has 0 heterocycles. The second-order valence-electron chi connectivity index (χ2n) is 4.27. The molecule has 0 N–H and O–H groups in total. The molecule has 0 fully saturated rings. The van der Waals surface area contributed by atoms with E-state index in [1.54, 1.807) is 0 Å². The van der Waals surface area contributed by atoms with Crippen molar-refractivity contribution in [3.63, 3.8) is 0 Å². The van der Waals surface area contributed by atoms with Crippen molar-refractivity contribution in [2.75, 3.05) is 6.16 Å². The number of halogens is 2. The van der Waals surface area contributed by atoms with Gasteiger partial charge in [-0.2, -0.15) is 0 Å². The van der Waals surface area contributed by atoms with Gasteiger partial charge in [-0.05, 0) is 30.3 Å². The first kappa shape index (κ1) is 18.2. The first-order valence-electron chi connectivity index (χ1n) is 6.26. The van der Waals surface area contributed by atoms with Crippen molar-refractivity contribution in [3.05, 3.63) is 33.8 Å². The maximum atomic E-state index is 6.04. The van der Waals surface area contributed by atoms with Crippen molar-refractivity contribution >= 4 is 62.2 Å². The number of hydrogen-bond donors (Lipinski definition) is 0. The van der Waals surface area contributed by atoms with E-state index >= 15 is 0 Å². The molecule has 2 unspecified atom stereocenters. The summed E-state index contributed by atoms with van der Waals surface area (Å²) in [6, 6.07) is 5.83. The molecule has 0 aliphatic rings. The molecule has 0 saturated heterocycles. The van der Waals surface area contributed by atoms with E-state index in [0.717, 1.165) is 11.9 Å². The van der Waals surface area contributed by atoms with Crippen LogP contribution in [0.4, 0.5) is 0 Å². The van der Waals surface area contributed by atoms with E-state index in [2.05, 4.69) is 20.8 Å². The Morgan fingerprint density at radius 3 is 2.47 bits per heavy atom. The average molecular weight is 373 g/mol. The van der Waals surface area contributed by atoms with Crippen LogP contribution in [0.1, 0.15) is 32.8 Å². The zero-order chi connectivity index (χ0) is 14.5. The van der Waals surface area contributed by atoms with Crippen LogP contribution in [0.15, 0.2) is 18.2 Å². The Morgan fingerprint density at radius 1 is 1.26 bits per heavy atom. The maximum Gasteiger partial charge on any atom is 0.0595 e. The van der Waals surface area contributed by atoms with Crippen molar-refractivity contribution in [2.24, 2.45) is 0 Å². The van der Waals surface area contributed by atoms with Gasteiger partial charge in [0.25, 0.3) is 0 Å². The van der Waals surface area contributed by atoms with E-state index < -0.39 is 4.44 Å². The molecule has 0 aliphatic heterocycles. The lowest BCUT2D eigenvalue weighted by Gasteiger charge is -2.22. The van der Waals surface area contributed by atoms with Gasteiger partial charge in [-0.25, -0.2) is 0 Å². The van der Waals surface area contributed by atoms with Gasteiger partial charge >= 0.3 is 0 Å². The van der Waals surface area contributed by atoms with Gasteiger partial charge < -0.3 is 0 Å². The molecule has 0 nitrogen and oxygen atoms in total. The molecule has 0 saturated carbocycles. The summed E-state index contributed by atoms with van der Waals surface area (Å²) in [5.41, 5.74) is 1.20.